The summed E-state index contributed by atoms with van der Waals surface area (Å²) in [4.78, 5) is 60.8. The molecule has 3 aromatic carbocycles. The average Bonchev–Trinajstić information content (AvgIpc) is 3.66. The fourth-order valence-corrected chi connectivity index (χ4v) is 9.68. The lowest BCUT2D eigenvalue weighted by Gasteiger charge is -2.49. The maximum atomic E-state index is 12.6. The molecule has 4 amide bonds. The van der Waals surface area contributed by atoms with Crippen LogP contribution in [0, 0.1) is 19.8 Å². The predicted octanol–water partition coefficient (Wildman–Crippen LogP) is 6.84. The number of hydrogen-bond acceptors (Lipinski definition) is 8. The molecule has 6 heterocycles. The van der Waals surface area contributed by atoms with Crippen LogP contribution >= 0.6 is 0 Å². The van der Waals surface area contributed by atoms with Crippen LogP contribution in [-0.4, -0.2) is 120 Å². The number of H-pyrrole nitrogens is 1. The Morgan fingerprint density at radius 3 is 2.29 bits per heavy atom. The number of carbonyl (C=O) groups excluding carboxylic acids is 3. The predicted molar refractivity (Wildman–Crippen MR) is 233 cm³/mol. The molecular weight excluding hydrogens is 739 g/mol. The van der Waals surface area contributed by atoms with E-state index in [1.165, 1.54) is 56.6 Å². The molecule has 59 heavy (non-hydrogen) atoms. The Morgan fingerprint density at radius 2 is 1.59 bits per heavy atom. The van der Waals surface area contributed by atoms with Gasteiger partial charge in [-0.15, -0.1) is 0 Å². The molecule has 4 aliphatic rings. The molecule has 0 radical (unpaired) electrons. The van der Waals surface area contributed by atoms with Crippen LogP contribution in [0.15, 0.2) is 73.1 Å². The molecule has 0 saturated carbocycles. The molecule has 0 atom stereocenters. The average molecular weight is 794 g/mol. The number of aromatic amines is 1. The first-order valence-corrected chi connectivity index (χ1v) is 21.3. The largest absolute Gasteiger partial charge is 0.372 e. The molecule has 12 heteroatoms. The van der Waals surface area contributed by atoms with Gasteiger partial charge >= 0.3 is 6.03 Å². The first-order valence-electron chi connectivity index (χ1n) is 21.3. The van der Waals surface area contributed by atoms with Gasteiger partial charge in [0.1, 0.15) is 5.52 Å². The summed E-state index contributed by atoms with van der Waals surface area (Å²) in [5.74, 6) is 1.10. The number of aromatic nitrogens is 3. The molecule has 12 nitrogen and oxygen atoms in total. The molecule has 4 aliphatic heterocycles. The van der Waals surface area contributed by atoms with Crippen LogP contribution in [0.25, 0.3) is 33.5 Å². The number of imide groups is 1. The van der Waals surface area contributed by atoms with Gasteiger partial charge in [-0.1, -0.05) is 36.4 Å². The second-order valence-corrected chi connectivity index (χ2v) is 17.3. The van der Waals surface area contributed by atoms with E-state index in [0.29, 0.717) is 30.5 Å². The van der Waals surface area contributed by atoms with Crippen LogP contribution < -0.4 is 15.1 Å². The van der Waals surface area contributed by atoms with Crippen molar-refractivity contribution in [2.75, 3.05) is 76.3 Å². The van der Waals surface area contributed by atoms with Gasteiger partial charge < -0.3 is 14.8 Å². The van der Waals surface area contributed by atoms with Crippen LogP contribution in [0.3, 0.4) is 0 Å². The fourth-order valence-electron chi connectivity index (χ4n) is 9.68. The van der Waals surface area contributed by atoms with Crippen molar-refractivity contribution in [3.63, 3.8) is 0 Å². The van der Waals surface area contributed by atoms with Crippen LogP contribution in [0.1, 0.15) is 65.1 Å². The van der Waals surface area contributed by atoms with Gasteiger partial charge in [-0.25, -0.2) is 14.8 Å². The summed E-state index contributed by atoms with van der Waals surface area (Å²) in [6.45, 7) is 12.4. The first-order chi connectivity index (χ1) is 28.6. The van der Waals surface area contributed by atoms with Crippen molar-refractivity contribution in [1.82, 2.24) is 35.0 Å². The number of carbonyl (C=O) groups is 3. The number of nitrogens with zero attached hydrogens (tertiary/aromatic N) is 7. The molecule has 9 rings (SSSR count). The molecule has 5 aromatic rings. The lowest BCUT2D eigenvalue weighted by atomic mass is 9.87. The van der Waals surface area contributed by atoms with Crippen molar-refractivity contribution in [1.29, 1.82) is 0 Å². The number of amides is 4. The normalized spacial score (nSPS) is 19.0. The van der Waals surface area contributed by atoms with Crippen molar-refractivity contribution in [2.24, 2.45) is 5.92 Å². The summed E-state index contributed by atoms with van der Waals surface area (Å²) in [6, 6.07) is 21.6. The zero-order valence-electron chi connectivity index (χ0n) is 34.7. The quantitative estimate of drug-likeness (QED) is 0.167. The number of urea groups is 1. The van der Waals surface area contributed by atoms with E-state index in [-0.39, 0.29) is 17.8 Å². The monoisotopic (exact) mass is 793 g/mol. The van der Waals surface area contributed by atoms with Crippen molar-refractivity contribution >= 4 is 40.4 Å². The Bertz CT molecular complexity index is 2370. The third-order valence-corrected chi connectivity index (χ3v) is 13.2. The van der Waals surface area contributed by atoms with Crippen LogP contribution in [0.5, 0.6) is 0 Å². The van der Waals surface area contributed by atoms with Gasteiger partial charge in [0, 0.05) is 100 Å². The van der Waals surface area contributed by atoms with E-state index >= 15 is 0 Å². The van der Waals surface area contributed by atoms with E-state index < -0.39 is 0 Å². The van der Waals surface area contributed by atoms with Crippen molar-refractivity contribution in [3.8, 4) is 22.4 Å². The second kappa shape index (κ2) is 16.2. The van der Waals surface area contributed by atoms with E-state index in [9.17, 15) is 14.4 Å². The summed E-state index contributed by atoms with van der Waals surface area (Å²) >= 11 is 0. The molecule has 0 bridgehead atoms. The third-order valence-electron chi connectivity index (χ3n) is 13.2. The maximum absolute atomic E-state index is 12.6. The van der Waals surface area contributed by atoms with E-state index in [1.807, 2.05) is 37.5 Å². The number of benzene rings is 3. The van der Waals surface area contributed by atoms with Gasteiger partial charge in [0.2, 0.25) is 5.91 Å². The number of piperidine rings is 2. The maximum Gasteiger partial charge on any atom is 0.328 e. The Kier molecular flexibility index (Phi) is 10.7. The van der Waals surface area contributed by atoms with Crippen LogP contribution in [0.4, 0.5) is 16.2 Å². The zero-order valence-corrected chi connectivity index (χ0v) is 34.7. The number of aryl methyl sites for hydroxylation is 2. The lowest BCUT2D eigenvalue weighted by Crippen LogP contribution is -2.61. The molecule has 0 unspecified atom stereocenters. The number of hydrogen-bond donors (Lipinski definition) is 2. The Morgan fingerprint density at radius 1 is 0.847 bits per heavy atom. The Balaban J connectivity index is 0.733. The third kappa shape index (κ3) is 7.95. The summed E-state index contributed by atoms with van der Waals surface area (Å²) in [5.41, 5.74) is 11.7. The highest BCUT2D eigenvalue weighted by molar-refractivity contribution is 6.06. The van der Waals surface area contributed by atoms with Crippen molar-refractivity contribution in [3.05, 3.63) is 95.3 Å². The van der Waals surface area contributed by atoms with Gasteiger partial charge in [0.15, 0.2) is 5.65 Å². The van der Waals surface area contributed by atoms with Crippen LogP contribution in [0.2, 0.25) is 0 Å². The lowest BCUT2D eigenvalue weighted by molar-refractivity contribution is -0.120. The minimum Gasteiger partial charge on any atom is -0.372 e. The van der Waals surface area contributed by atoms with Crippen LogP contribution in [-0.2, 0) is 4.79 Å². The summed E-state index contributed by atoms with van der Waals surface area (Å²) in [7, 11) is 3.55. The van der Waals surface area contributed by atoms with Gasteiger partial charge in [0.05, 0.1) is 11.9 Å². The van der Waals surface area contributed by atoms with Crippen molar-refractivity contribution in [2.45, 2.75) is 57.9 Å². The summed E-state index contributed by atoms with van der Waals surface area (Å²) in [6.07, 6.45) is 8.92. The highest BCUT2D eigenvalue weighted by Gasteiger charge is 2.36. The number of rotatable bonds is 9. The highest BCUT2D eigenvalue weighted by Crippen LogP contribution is 2.35. The second-order valence-electron chi connectivity index (χ2n) is 17.3. The van der Waals surface area contributed by atoms with Crippen molar-refractivity contribution < 1.29 is 14.4 Å². The zero-order chi connectivity index (χ0) is 40.8. The minimum atomic E-state index is -0.331. The number of nitrogens with one attached hydrogen (secondary N) is 2. The topological polar surface area (TPSA) is 121 Å². The fraction of sp³-hybridized carbons (Fsp3) is 0.426. The molecule has 4 fully saturated rings. The molecule has 2 N–H and O–H groups in total. The highest BCUT2D eigenvalue weighted by atomic mass is 16.2. The number of fused-ring (bicyclic) bond motifs is 1. The first kappa shape index (κ1) is 38.9. The summed E-state index contributed by atoms with van der Waals surface area (Å²) in [5, 5.41) is 2.43. The Hall–Kier alpha value is -5.59. The SMILES string of the molecule is Cc1cc(-c2c[nH]c3ncc(-c4ccc(C5CCN(C6CN(CC7CCN(c8ccc(N9CCC(=O)NC9=O)c(C)c8)CC7)C6)CC5)cc4)nc23)ccc1C(=O)N(C)C. The molecule has 0 aliphatic carbocycles. The van der Waals surface area contributed by atoms with E-state index in [2.05, 4.69) is 74.4 Å². The molecular formula is C47H55N9O3. The van der Waals surface area contributed by atoms with Gasteiger partial charge in [-0.3, -0.25) is 29.6 Å². The molecule has 0 spiro atoms. The smallest absolute Gasteiger partial charge is 0.328 e. The van der Waals surface area contributed by atoms with Gasteiger partial charge in [-0.2, -0.15) is 0 Å². The number of likely N-dealkylation sites (tertiary alicyclic amines) is 2. The molecule has 4 saturated heterocycles. The molecule has 306 valence electrons. The van der Waals surface area contributed by atoms with E-state index in [1.54, 1.807) is 23.9 Å². The van der Waals surface area contributed by atoms with E-state index in [4.69, 9.17) is 9.97 Å². The minimum absolute atomic E-state index is 0.000416. The van der Waals surface area contributed by atoms with Gasteiger partial charge in [0.25, 0.3) is 5.91 Å². The van der Waals surface area contributed by atoms with Gasteiger partial charge in [-0.05, 0) is 111 Å². The number of anilines is 2. The summed E-state index contributed by atoms with van der Waals surface area (Å²) < 4.78 is 0. The molecule has 2 aromatic heterocycles. The van der Waals surface area contributed by atoms with E-state index in [0.717, 1.165) is 82.5 Å². The standard InChI is InChI=1S/C47H55N9O3/c1-30-23-36(9-11-39(30)46(58)52(3)4)40-25-48-45-44(40)50-41(26-49-45)35-7-5-33(6-8-35)34-15-20-55(21-16-34)38-28-53(29-38)27-32-13-18-54(19-14-32)37-10-12-42(31(2)24-37)56-22-17-43(57)51-47(56)59/h5-12,23-26,32,34,38H,13-22,27-29H2,1-4H3,(H,48,49)(H,51,57,59). The Labute approximate surface area is 346 Å².